The van der Waals surface area contributed by atoms with Gasteiger partial charge < -0.3 is 59.4 Å². The van der Waals surface area contributed by atoms with E-state index in [4.69, 9.17) is 29.1 Å². The molecule has 8 rings (SSSR count). The number of hydrogen-bond acceptors (Lipinski definition) is 14. The van der Waals surface area contributed by atoms with Gasteiger partial charge >= 0.3 is 11.8 Å². The number of aliphatic imine (C=N–C) groups is 3. The van der Waals surface area contributed by atoms with E-state index in [0.29, 0.717) is 54.3 Å². The summed E-state index contributed by atoms with van der Waals surface area (Å²) < 4.78 is 30.1. The zero-order chi connectivity index (χ0) is 42.2. The Bertz CT molecular complexity index is 2320. The summed E-state index contributed by atoms with van der Waals surface area (Å²) in [4.78, 5) is 25.7. The fourth-order valence-corrected chi connectivity index (χ4v) is 8.64. The number of carbonyl (C=O) groups is 1. The molecule has 1 saturated carbocycles. The van der Waals surface area contributed by atoms with Gasteiger partial charge in [0.1, 0.15) is 65.4 Å². The molecule has 17 nitrogen and oxygen atoms in total. The first-order chi connectivity index (χ1) is 28.9. The summed E-state index contributed by atoms with van der Waals surface area (Å²) in [5.41, 5.74) is -1.86. The minimum atomic E-state index is -2.57. The van der Waals surface area contributed by atoms with Crippen LogP contribution in [0, 0.1) is 5.41 Å². The van der Waals surface area contributed by atoms with E-state index in [1.165, 1.54) is 30.6 Å². The second kappa shape index (κ2) is 16.4. The molecule has 17 heteroatoms. The Morgan fingerprint density at radius 1 is 0.983 bits per heavy atom. The van der Waals surface area contributed by atoms with E-state index >= 15 is 0 Å². The highest BCUT2D eigenvalue weighted by atomic mass is 16.7. The van der Waals surface area contributed by atoms with Crippen LogP contribution in [-0.4, -0.2) is 109 Å². The molecule has 2 fully saturated rings. The van der Waals surface area contributed by atoms with E-state index in [2.05, 4.69) is 15.0 Å². The lowest BCUT2D eigenvalue weighted by Crippen LogP contribution is -2.76. The molecule has 0 radical (unpaired) electrons. The molecule has 6 unspecified atom stereocenters. The molecule has 5 aliphatic rings. The Balaban J connectivity index is 1.09. The number of phenolic OH excluding ortho intramolecular Hbond substituents is 2. The van der Waals surface area contributed by atoms with Gasteiger partial charge in [-0.15, -0.1) is 0 Å². The molecule has 0 spiro atoms. The summed E-state index contributed by atoms with van der Waals surface area (Å²) in [5, 5.41) is 85.3. The van der Waals surface area contributed by atoms with Crippen LogP contribution in [0.25, 0.3) is 5.76 Å². The summed E-state index contributed by atoms with van der Waals surface area (Å²) in [6.45, 7) is 0.198. The minimum absolute atomic E-state index is 0.0477. The number of rotatable bonds is 13. The standard InChI is InChI=1S/C43H44N4O13/c44-33-12-9-25(47-33)13-16-56-27-10-7-24(8-11-27)29-18-28(49)34-30(58-29)19-31(37(35(34)50)57-21-23-5-4-6-26(48)17-23)59-41-36(51)38(52)43(55,39(60-41)40(53)54)42(14-2-1-3-15-42)32-20-45-22-46-32/h4-12,17-19,22,29,36,38-39,41,44,48-52,55H,1-3,13-16,20-21H2,(H,53,54)/p+1. The normalized spacial score (nSPS) is 26.7. The molecule has 6 atom stereocenters. The highest BCUT2D eigenvalue weighted by Crippen LogP contribution is 2.55. The number of aliphatic carboxylic acids is 1. The molecule has 314 valence electrons. The molecule has 3 aromatic rings. The minimum Gasteiger partial charge on any atom is -0.508 e. The third kappa shape index (κ3) is 7.44. The van der Waals surface area contributed by atoms with Gasteiger partial charge in [0, 0.05) is 30.1 Å². The van der Waals surface area contributed by atoms with Gasteiger partial charge in [-0.2, -0.15) is 0 Å². The predicted molar refractivity (Wildman–Crippen MR) is 215 cm³/mol. The molecule has 3 aromatic carbocycles. The zero-order valence-electron chi connectivity index (χ0n) is 32.3. The van der Waals surface area contributed by atoms with Crippen molar-refractivity contribution in [1.82, 2.24) is 0 Å². The van der Waals surface area contributed by atoms with Crippen molar-refractivity contribution >= 4 is 35.3 Å². The molecule has 1 aliphatic carbocycles. The van der Waals surface area contributed by atoms with Crippen LogP contribution in [0.15, 0.2) is 87.8 Å². The fraction of sp³-hybridized carbons (Fsp3) is 0.372. The van der Waals surface area contributed by atoms with Crippen LogP contribution in [0.3, 0.4) is 0 Å². The monoisotopic (exact) mass is 825 g/mol. The van der Waals surface area contributed by atoms with Crippen LogP contribution in [0.4, 0.5) is 0 Å². The van der Waals surface area contributed by atoms with E-state index in [9.17, 15) is 40.5 Å². The quantitative estimate of drug-likeness (QED) is 0.123. The SMILES string of the molecule is [NH2+]=C1C=CC(CCOc2ccc(C3C=C(O)c4c(cc(OC5OC(C(=O)O)C(O)(C6(C7=NC=NC7)CCCCC6)C(O)C5O)c(OCc5cccc(O)c5)c4O)O3)cc2)=N1. The van der Waals surface area contributed by atoms with Crippen LogP contribution in [0.5, 0.6) is 34.5 Å². The molecule has 4 aliphatic heterocycles. The van der Waals surface area contributed by atoms with Crippen molar-refractivity contribution in [1.29, 1.82) is 0 Å². The van der Waals surface area contributed by atoms with E-state index in [-0.39, 0.29) is 60.3 Å². The lowest BCUT2D eigenvalue weighted by molar-refractivity contribution is -0.326. The first-order valence-electron chi connectivity index (χ1n) is 19.6. The molecule has 60 heavy (non-hydrogen) atoms. The number of carboxylic acid groups (broad SMARTS) is 1. The van der Waals surface area contributed by atoms with Gasteiger partial charge in [0.05, 0.1) is 18.9 Å². The number of aliphatic hydroxyl groups excluding tert-OH is 3. The Kier molecular flexibility index (Phi) is 11.1. The number of ether oxygens (including phenoxy) is 5. The number of amidine groups is 1. The topological polar surface area (TPSA) is 268 Å². The largest absolute Gasteiger partial charge is 0.508 e. The molecule has 1 saturated heterocycles. The smallest absolute Gasteiger partial charge is 0.336 e. The number of carboxylic acids is 1. The number of phenols is 2. The maximum Gasteiger partial charge on any atom is 0.336 e. The third-order valence-electron chi connectivity index (χ3n) is 11.6. The van der Waals surface area contributed by atoms with Crippen molar-refractivity contribution in [2.45, 2.75) is 81.4 Å². The number of nitrogens with zero attached hydrogens (tertiary/aromatic N) is 3. The van der Waals surface area contributed by atoms with Gasteiger partial charge in [-0.1, -0.05) is 43.5 Å². The average Bonchev–Trinajstić information content (AvgIpc) is 3.94. The van der Waals surface area contributed by atoms with Crippen LogP contribution in [0.2, 0.25) is 0 Å². The Labute approximate surface area is 343 Å². The van der Waals surface area contributed by atoms with Crippen molar-refractivity contribution < 1.29 is 69.6 Å². The molecule has 9 N–H and O–H groups in total. The van der Waals surface area contributed by atoms with Gasteiger partial charge in [-0.05, 0) is 59.3 Å². The number of benzene rings is 3. The Morgan fingerprint density at radius 2 is 1.77 bits per heavy atom. The first kappa shape index (κ1) is 40.5. The van der Waals surface area contributed by atoms with Gasteiger partial charge in [0.25, 0.3) is 0 Å². The maximum absolute atomic E-state index is 13.0. The number of allylic oxidation sites excluding steroid dienone is 1. The lowest BCUT2D eigenvalue weighted by Gasteiger charge is -2.57. The molecule has 0 bridgehead atoms. The Hall–Kier alpha value is -6.27. The molecular formula is C43H45N4O13+. The number of aliphatic hydroxyl groups is 4. The van der Waals surface area contributed by atoms with E-state index in [1.54, 1.807) is 42.5 Å². The summed E-state index contributed by atoms with van der Waals surface area (Å²) in [7, 11) is 0. The number of hydrogen-bond donors (Lipinski definition) is 8. The Morgan fingerprint density at radius 3 is 2.45 bits per heavy atom. The average molecular weight is 826 g/mol. The van der Waals surface area contributed by atoms with E-state index in [1.807, 2.05) is 6.08 Å². The zero-order valence-corrected chi connectivity index (χ0v) is 32.3. The summed E-state index contributed by atoms with van der Waals surface area (Å²) >= 11 is 0. The van der Waals surface area contributed by atoms with Crippen molar-refractivity contribution in [3.8, 4) is 34.5 Å². The fourth-order valence-electron chi connectivity index (χ4n) is 8.64. The first-order valence-corrected chi connectivity index (χ1v) is 19.6. The van der Waals surface area contributed by atoms with Crippen LogP contribution in [-0.2, 0) is 16.1 Å². The van der Waals surface area contributed by atoms with Crippen LogP contribution < -0.4 is 24.4 Å². The van der Waals surface area contributed by atoms with Crippen LogP contribution >= 0.6 is 0 Å². The summed E-state index contributed by atoms with van der Waals surface area (Å²) in [5.74, 6) is -2.47. The van der Waals surface area contributed by atoms with Crippen molar-refractivity contribution in [3.05, 3.63) is 89.5 Å². The highest BCUT2D eigenvalue weighted by molar-refractivity contribution is 6.13. The molecular weight excluding hydrogens is 780 g/mol. The van der Waals surface area contributed by atoms with Gasteiger partial charge in [-0.3, -0.25) is 10.4 Å². The summed E-state index contributed by atoms with van der Waals surface area (Å²) in [6, 6.07) is 14.3. The van der Waals surface area contributed by atoms with Gasteiger partial charge in [0.2, 0.25) is 12.0 Å². The van der Waals surface area contributed by atoms with E-state index < -0.39 is 53.4 Å². The van der Waals surface area contributed by atoms with Crippen molar-refractivity contribution in [3.63, 3.8) is 0 Å². The van der Waals surface area contributed by atoms with Crippen molar-refractivity contribution in [2.24, 2.45) is 20.4 Å². The maximum atomic E-state index is 13.0. The second-order valence-corrected chi connectivity index (χ2v) is 15.3. The van der Waals surface area contributed by atoms with Crippen LogP contribution in [0.1, 0.15) is 61.3 Å². The summed E-state index contributed by atoms with van der Waals surface area (Å²) in [6.07, 6.45) is 0.158. The number of fused-ring (bicyclic) bond motifs is 1. The second-order valence-electron chi connectivity index (χ2n) is 15.3. The van der Waals surface area contributed by atoms with E-state index in [0.717, 1.165) is 12.1 Å². The van der Waals surface area contributed by atoms with Crippen molar-refractivity contribution in [2.75, 3.05) is 13.2 Å². The highest BCUT2D eigenvalue weighted by Gasteiger charge is 2.69. The lowest BCUT2D eigenvalue weighted by atomic mass is 9.55. The molecule has 0 amide bonds. The number of aromatic hydroxyl groups is 2. The molecule has 4 heterocycles. The predicted octanol–water partition coefficient (Wildman–Crippen LogP) is 2.72. The number of nitrogens with two attached hydrogens (primary N) is 1. The van der Waals surface area contributed by atoms with Gasteiger partial charge in [0.15, 0.2) is 23.3 Å². The van der Waals surface area contributed by atoms with Gasteiger partial charge in [-0.25, -0.2) is 9.79 Å². The third-order valence-corrected chi connectivity index (χ3v) is 11.6. The molecule has 0 aromatic heterocycles.